The summed E-state index contributed by atoms with van der Waals surface area (Å²) in [6, 6.07) is 6.39. The maximum Gasteiger partial charge on any atom is 0.227 e. The molecule has 1 amide bonds. The second-order valence-electron chi connectivity index (χ2n) is 4.00. The average molecular weight is 236 g/mol. The van der Waals surface area contributed by atoms with Gasteiger partial charge in [0.05, 0.1) is 19.1 Å². The van der Waals surface area contributed by atoms with E-state index < -0.39 is 0 Å². The number of phenolic OH excluding ortho intramolecular Hbond substituents is 1. The lowest BCUT2D eigenvalue weighted by Crippen LogP contribution is -2.40. The van der Waals surface area contributed by atoms with Crippen LogP contribution in [0.4, 0.5) is 5.69 Å². The van der Waals surface area contributed by atoms with Crippen LogP contribution in [-0.4, -0.2) is 36.8 Å². The SMILES string of the molecule is O=C(CC1CNCCO1)Nc1ccc(O)cc1. The van der Waals surface area contributed by atoms with Crippen LogP contribution in [0.5, 0.6) is 5.75 Å². The van der Waals surface area contributed by atoms with E-state index in [1.54, 1.807) is 12.1 Å². The van der Waals surface area contributed by atoms with Crippen molar-refractivity contribution >= 4 is 11.6 Å². The van der Waals surface area contributed by atoms with Crippen LogP contribution >= 0.6 is 0 Å². The van der Waals surface area contributed by atoms with Crippen molar-refractivity contribution in [1.29, 1.82) is 0 Å². The van der Waals surface area contributed by atoms with E-state index in [0.717, 1.165) is 6.54 Å². The molecule has 1 aromatic carbocycles. The summed E-state index contributed by atoms with van der Waals surface area (Å²) in [6.45, 7) is 2.20. The predicted octanol–water partition coefficient (Wildman–Crippen LogP) is 0.709. The number of hydrogen-bond donors (Lipinski definition) is 3. The van der Waals surface area contributed by atoms with E-state index in [1.165, 1.54) is 12.1 Å². The van der Waals surface area contributed by atoms with Crippen LogP contribution < -0.4 is 10.6 Å². The molecule has 92 valence electrons. The van der Waals surface area contributed by atoms with Gasteiger partial charge in [0.1, 0.15) is 5.75 Å². The first kappa shape index (κ1) is 11.9. The Morgan fingerprint density at radius 3 is 2.88 bits per heavy atom. The summed E-state index contributed by atoms with van der Waals surface area (Å²) in [4.78, 5) is 11.7. The van der Waals surface area contributed by atoms with Crippen molar-refractivity contribution in [2.24, 2.45) is 0 Å². The number of hydrogen-bond acceptors (Lipinski definition) is 4. The Morgan fingerprint density at radius 1 is 1.47 bits per heavy atom. The van der Waals surface area contributed by atoms with Crippen LogP contribution in [0.3, 0.4) is 0 Å². The maximum atomic E-state index is 11.7. The number of benzene rings is 1. The number of anilines is 1. The number of rotatable bonds is 3. The number of carbonyl (C=O) groups is 1. The molecule has 1 unspecified atom stereocenters. The van der Waals surface area contributed by atoms with Gasteiger partial charge in [0.25, 0.3) is 0 Å². The highest BCUT2D eigenvalue weighted by atomic mass is 16.5. The van der Waals surface area contributed by atoms with E-state index in [-0.39, 0.29) is 17.8 Å². The van der Waals surface area contributed by atoms with Crippen molar-refractivity contribution < 1.29 is 14.6 Å². The first-order valence-corrected chi connectivity index (χ1v) is 5.65. The molecule has 0 radical (unpaired) electrons. The Labute approximate surface area is 99.8 Å². The molecule has 0 saturated carbocycles. The standard InChI is InChI=1S/C12H16N2O3/c15-10-3-1-9(2-4-10)14-12(16)7-11-8-13-5-6-17-11/h1-4,11,13,15H,5-8H2,(H,14,16). The minimum atomic E-state index is -0.0793. The fourth-order valence-corrected chi connectivity index (χ4v) is 1.71. The zero-order valence-electron chi connectivity index (χ0n) is 9.48. The monoisotopic (exact) mass is 236 g/mol. The molecule has 17 heavy (non-hydrogen) atoms. The summed E-state index contributed by atoms with van der Waals surface area (Å²) in [5.41, 5.74) is 0.677. The third-order valence-corrected chi connectivity index (χ3v) is 2.57. The van der Waals surface area contributed by atoms with E-state index in [0.29, 0.717) is 25.3 Å². The van der Waals surface area contributed by atoms with Gasteiger partial charge in [-0.3, -0.25) is 4.79 Å². The Hall–Kier alpha value is -1.59. The van der Waals surface area contributed by atoms with E-state index in [9.17, 15) is 4.79 Å². The van der Waals surface area contributed by atoms with Crippen LogP contribution in [0.25, 0.3) is 0 Å². The number of carbonyl (C=O) groups excluding carboxylic acids is 1. The highest BCUT2D eigenvalue weighted by molar-refractivity contribution is 5.91. The number of ether oxygens (including phenoxy) is 1. The molecule has 1 heterocycles. The van der Waals surface area contributed by atoms with Gasteiger partial charge in [-0.15, -0.1) is 0 Å². The van der Waals surface area contributed by atoms with Gasteiger partial charge in [0.2, 0.25) is 5.91 Å². The molecule has 1 fully saturated rings. The molecule has 2 rings (SSSR count). The lowest BCUT2D eigenvalue weighted by Gasteiger charge is -2.23. The molecular weight excluding hydrogens is 220 g/mol. The topological polar surface area (TPSA) is 70.6 Å². The second kappa shape index (κ2) is 5.65. The molecule has 5 nitrogen and oxygen atoms in total. The lowest BCUT2D eigenvalue weighted by atomic mass is 10.2. The Bertz CT molecular complexity index is 372. The van der Waals surface area contributed by atoms with Gasteiger partial charge in [0, 0.05) is 18.8 Å². The van der Waals surface area contributed by atoms with Crippen molar-refractivity contribution in [2.75, 3.05) is 25.0 Å². The number of aromatic hydroxyl groups is 1. The Morgan fingerprint density at radius 2 is 2.24 bits per heavy atom. The summed E-state index contributed by atoms with van der Waals surface area (Å²) in [7, 11) is 0. The van der Waals surface area contributed by atoms with Crippen LogP contribution in [0.15, 0.2) is 24.3 Å². The van der Waals surface area contributed by atoms with Crippen LogP contribution in [0.1, 0.15) is 6.42 Å². The van der Waals surface area contributed by atoms with Gasteiger partial charge in [-0.25, -0.2) is 0 Å². The second-order valence-corrected chi connectivity index (χ2v) is 4.00. The molecule has 3 N–H and O–H groups in total. The normalized spacial score (nSPS) is 19.9. The zero-order chi connectivity index (χ0) is 12.1. The first-order valence-electron chi connectivity index (χ1n) is 5.65. The van der Waals surface area contributed by atoms with Gasteiger partial charge < -0.3 is 20.5 Å². The van der Waals surface area contributed by atoms with Gasteiger partial charge in [-0.05, 0) is 24.3 Å². The zero-order valence-corrected chi connectivity index (χ0v) is 9.48. The fraction of sp³-hybridized carbons (Fsp3) is 0.417. The number of amides is 1. The highest BCUT2D eigenvalue weighted by Gasteiger charge is 2.17. The highest BCUT2D eigenvalue weighted by Crippen LogP contribution is 2.14. The van der Waals surface area contributed by atoms with E-state index in [4.69, 9.17) is 9.84 Å². The molecular formula is C12H16N2O3. The van der Waals surface area contributed by atoms with Crippen molar-refractivity contribution in [3.05, 3.63) is 24.3 Å². The molecule has 1 aromatic rings. The predicted molar refractivity (Wildman–Crippen MR) is 64.0 cm³/mol. The van der Waals surface area contributed by atoms with Gasteiger partial charge >= 0.3 is 0 Å². The molecule has 1 aliphatic rings. The van der Waals surface area contributed by atoms with Crippen LogP contribution in [0.2, 0.25) is 0 Å². The quantitative estimate of drug-likeness (QED) is 0.676. The summed E-state index contributed by atoms with van der Waals surface area (Å²) in [5, 5.41) is 15.0. The first-order chi connectivity index (χ1) is 8.24. The summed E-state index contributed by atoms with van der Waals surface area (Å²) in [5.74, 6) is 0.104. The van der Waals surface area contributed by atoms with Crippen molar-refractivity contribution in [1.82, 2.24) is 5.32 Å². The summed E-state index contributed by atoms with van der Waals surface area (Å²) in [6.07, 6.45) is 0.286. The smallest absolute Gasteiger partial charge is 0.227 e. The molecule has 0 spiro atoms. The van der Waals surface area contributed by atoms with Crippen molar-refractivity contribution in [3.63, 3.8) is 0 Å². The van der Waals surface area contributed by atoms with Crippen molar-refractivity contribution in [3.8, 4) is 5.75 Å². The fourth-order valence-electron chi connectivity index (χ4n) is 1.71. The van der Waals surface area contributed by atoms with E-state index in [2.05, 4.69) is 10.6 Å². The summed E-state index contributed by atoms with van der Waals surface area (Å²) < 4.78 is 5.44. The average Bonchev–Trinajstić information content (AvgIpc) is 2.33. The largest absolute Gasteiger partial charge is 0.508 e. The molecule has 0 aliphatic carbocycles. The van der Waals surface area contributed by atoms with Crippen LogP contribution in [-0.2, 0) is 9.53 Å². The number of phenols is 1. The molecule has 0 aromatic heterocycles. The number of morpholine rings is 1. The molecule has 5 heteroatoms. The van der Waals surface area contributed by atoms with E-state index in [1.807, 2.05) is 0 Å². The third-order valence-electron chi connectivity index (χ3n) is 2.57. The Kier molecular flexibility index (Phi) is 3.95. The van der Waals surface area contributed by atoms with Gasteiger partial charge in [-0.1, -0.05) is 0 Å². The van der Waals surface area contributed by atoms with Gasteiger partial charge in [-0.2, -0.15) is 0 Å². The maximum absolute atomic E-state index is 11.7. The van der Waals surface area contributed by atoms with E-state index >= 15 is 0 Å². The molecule has 0 bridgehead atoms. The summed E-state index contributed by atoms with van der Waals surface area (Å²) >= 11 is 0. The number of nitrogens with one attached hydrogen (secondary N) is 2. The van der Waals surface area contributed by atoms with Crippen LogP contribution in [0, 0.1) is 0 Å². The third kappa shape index (κ3) is 3.72. The van der Waals surface area contributed by atoms with Gasteiger partial charge in [0.15, 0.2) is 0 Å². The lowest BCUT2D eigenvalue weighted by molar-refractivity contribution is -0.119. The van der Waals surface area contributed by atoms with Crippen molar-refractivity contribution in [2.45, 2.75) is 12.5 Å². The Balaban J connectivity index is 1.82. The molecule has 1 aliphatic heterocycles. The minimum Gasteiger partial charge on any atom is -0.508 e. The minimum absolute atomic E-state index is 0.0548. The molecule has 1 saturated heterocycles. The molecule has 1 atom stereocenters.